The lowest BCUT2D eigenvalue weighted by Crippen LogP contribution is -2.44. The molecule has 2 aromatic rings. The fourth-order valence-corrected chi connectivity index (χ4v) is 3.58. The number of nitriles is 1. The Bertz CT molecular complexity index is 1100. The van der Waals surface area contributed by atoms with E-state index >= 15 is 0 Å². The van der Waals surface area contributed by atoms with Gasteiger partial charge in [0.1, 0.15) is 11.6 Å². The average Bonchev–Trinajstić information content (AvgIpc) is 2.75. The summed E-state index contributed by atoms with van der Waals surface area (Å²) in [6.45, 7) is 3.99. The number of carbonyl (C=O) groups is 1. The molecule has 1 amide bonds. The molecule has 0 radical (unpaired) electrons. The summed E-state index contributed by atoms with van der Waals surface area (Å²) in [5.74, 6) is -0.618. The number of carbonyl (C=O) groups excluding carboxylic acids is 1. The van der Waals surface area contributed by atoms with E-state index in [4.69, 9.17) is 5.14 Å². The lowest BCUT2D eigenvalue weighted by Gasteiger charge is -2.34. The Labute approximate surface area is 181 Å². The Morgan fingerprint density at radius 2 is 1.61 bits per heavy atom. The van der Waals surface area contributed by atoms with Crippen LogP contribution in [0.2, 0.25) is 0 Å². The largest absolute Gasteiger partial charge is 0.369 e. The molecular formula is C21H24N6O3S. The lowest BCUT2D eigenvalue weighted by atomic mass is 10.2. The Hall–Kier alpha value is -3.39. The zero-order valence-corrected chi connectivity index (χ0v) is 17.9. The van der Waals surface area contributed by atoms with E-state index in [1.165, 1.54) is 30.5 Å². The van der Waals surface area contributed by atoms with Crippen LogP contribution in [0.4, 0.5) is 17.1 Å². The normalized spacial score (nSPS) is 15.3. The molecular weight excluding hydrogens is 416 g/mol. The molecule has 1 aliphatic heterocycles. The average molecular weight is 441 g/mol. The summed E-state index contributed by atoms with van der Waals surface area (Å²) in [5, 5.41) is 19.9. The summed E-state index contributed by atoms with van der Waals surface area (Å²) in [5.41, 5.74) is 2.09. The number of hydrogen-bond acceptors (Lipinski definition) is 7. The van der Waals surface area contributed by atoms with Crippen LogP contribution in [0, 0.1) is 11.3 Å². The predicted molar refractivity (Wildman–Crippen MR) is 120 cm³/mol. The summed E-state index contributed by atoms with van der Waals surface area (Å²) in [6.07, 6.45) is 1.33. The monoisotopic (exact) mass is 440 g/mol. The van der Waals surface area contributed by atoms with Crippen molar-refractivity contribution in [2.45, 2.75) is 4.90 Å². The lowest BCUT2D eigenvalue weighted by molar-refractivity contribution is -0.112. The van der Waals surface area contributed by atoms with E-state index in [0.717, 1.165) is 37.6 Å². The van der Waals surface area contributed by atoms with Gasteiger partial charge < -0.3 is 20.4 Å². The predicted octanol–water partition coefficient (Wildman–Crippen LogP) is 1.54. The quantitative estimate of drug-likeness (QED) is 0.459. The second kappa shape index (κ2) is 9.61. The van der Waals surface area contributed by atoms with E-state index in [1.54, 1.807) is 0 Å². The Morgan fingerprint density at radius 3 is 2.16 bits per heavy atom. The molecule has 10 heteroatoms. The highest BCUT2D eigenvalue weighted by atomic mass is 32.2. The molecule has 162 valence electrons. The number of nitrogens with one attached hydrogen (secondary N) is 2. The minimum Gasteiger partial charge on any atom is -0.369 e. The molecule has 0 aliphatic carbocycles. The first-order valence-corrected chi connectivity index (χ1v) is 11.2. The topological polar surface area (TPSA) is 132 Å². The van der Waals surface area contributed by atoms with Gasteiger partial charge in [0.15, 0.2) is 0 Å². The van der Waals surface area contributed by atoms with Gasteiger partial charge in [-0.05, 0) is 55.6 Å². The molecule has 0 spiro atoms. The molecule has 0 atom stereocenters. The minimum absolute atomic E-state index is 0.0664. The van der Waals surface area contributed by atoms with Crippen LogP contribution in [0.3, 0.4) is 0 Å². The van der Waals surface area contributed by atoms with Crippen molar-refractivity contribution in [1.82, 2.24) is 4.90 Å². The zero-order chi connectivity index (χ0) is 22.4. The molecule has 1 aliphatic rings. The molecule has 0 unspecified atom stereocenters. The van der Waals surface area contributed by atoms with Crippen molar-refractivity contribution < 1.29 is 13.2 Å². The first-order valence-electron chi connectivity index (χ1n) is 9.61. The molecule has 9 nitrogen and oxygen atoms in total. The van der Waals surface area contributed by atoms with Gasteiger partial charge in [0.05, 0.1) is 4.90 Å². The number of hydrogen-bond donors (Lipinski definition) is 3. The Kier molecular flexibility index (Phi) is 6.91. The number of piperazine rings is 1. The Balaban J connectivity index is 1.61. The molecule has 0 saturated carbocycles. The van der Waals surface area contributed by atoms with Crippen molar-refractivity contribution in [3.8, 4) is 6.07 Å². The van der Waals surface area contributed by atoms with Gasteiger partial charge in [0.25, 0.3) is 5.91 Å². The third-order valence-corrected chi connectivity index (χ3v) is 5.85. The van der Waals surface area contributed by atoms with Gasteiger partial charge in [-0.3, -0.25) is 4.79 Å². The first kappa shape index (κ1) is 22.3. The van der Waals surface area contributed by atoms with Crippen LogP contribution in [0.5, 0.6) is 0 Å². The maximum absolute atomic E-state index is 12.3. The van der Waals surface area contributed by atoms with Gasteiger partial charge in [-0.1, -0.05) is 0 Å². The van der Waals surface area contributed by atoms with Gasteiger partial charge in [-0.15, -0.1) is 0 Å². The van der Waals surface area contributed by atoms with E-state index < -0.39 is 15.9 Å². The summed E-state index contributed by atoms with van der Waals surface area (Å²) >= 11 is 0. The van der Waals surface area contributed by atoms with Crippen LogP contribution in [0.25, 0.3) is 0 Å². The minimum atomic E-state index is -3.81. The fraction of sp³-hybridized carbons (Fsp3) is 0.238. The standard InChI is InChI=1S/C21H24N6O3S/c1-26-10-12-27(13-11-26)19-6-2-17(3-7-19)24-15-16(14-22)21(28)25-18-4-8-20(9-5-18)31(23,29)30/h2-9,15,24H,10-13H2,1H3,(H,25,28)(H2,23,29,30)/b16-15-. The van der Waals surface area contributed by atoms with E-state index in [1.807, 2.05) is 30.3 Å². The molecule has 0 aromatic heterocycles. The van der Waals surface area contributed by atoms with Crippen molar-refractivity contribution in [2.24, 2.45) is 5.14 Å². The van der Waals surface area contributed by atoms with Gasteiger partial charge >= 0.3 is 0 Å². The third kappa shape index (κ3) is 6.05. The molecule has 1 heterocycles. The number of sulfonamides is 1. The number of primary sulfonamides is 1. The molecule has 2 aromatic carbocycles. The number of anilines is 3. The van der Waals surface area contributed by atoms with E-state index in [0.29, 0.717) is 5.69 Å². The van der Waals surface area contributed by atoms with E-state index in [9.17, 15) is 18.5 Å². The van der Waals surface area contributed by atoms with Crippen LogP contribution < -0.4 is 20.7 Å². The highest BCUT2D eigenvalue weighted by molar-refractivity contribution is 7.89. The molecule has 1 fully saturated rings. The zero-order valence-electron chi connectivity index (χ0n) is 17.1. The maximum atomic E-state index is 12.3. The van der Waals surface area contributed by atoms with Crippen molar-refractivity contribution in [1.29, 1.82) is 5.26 Å². The Morgan fingerprint density at radius 1 is 1.03 bits per heavy atom. The van der Waals surface area contributed by atoms with Crippen molar-refractivity contribution in [3.63, 3.8) is 0 Å². The molecule has 31 heavy (non-hydrogen) atoms. The number of benzene rings is 2. The van der Waals surface area contributed by atoms with Gasteiger partial charge in [-0.25, -0.2) is 13.6 Å². The van der Waals surface area contributed by atoms with Crippen molar-refractivity contribution in [2.75, 3.05) is 48.8 Å². The highest BCUT2D eigenvalue weighted by Gasteiger charge is 2.14. The van der Waals surface area contributed by atoms with Crippen molar-refractivity contribution >= 4 is 33.0 Å². The SMILES string of the molecule is CN1CCN(c2ccc(N/C=C(/C#N)C(=O)Nc3ccc(S(N)(=O)=O)cc3)cc2)CC1. The number of amides is 1. The summed E-state index contributed by atoms with van der Waals surface area (Å²) in [6, 6.07) is 15.0. The summed E-state index contributed by atoms with van der Waals surface area (Å²) in [7, 11) is -1.70. The summed E-state index contributed by atoms with van der Waals surface area (Å²) < 4.78 is 22.6. The van der Waals surface area contributed by atoms with Gasteiger partial charge in [0.2, 0.25) is 10.0 Å². The van der Waals surface area contributed by atoms with Crippen LogP contribution >= 0.6 is 0 Å². The molecule has 1 saturated heterocycles. The second-order valence-electron chi connectivity index (χ2n) is 7.17. The molecule has 0 bridgehead atoms. The second-order valence-corrected chi connectivity index (χ2v) is 8.74. The molecule has 4 N–H and O–H groups in total. The van der Waals surface area contributed by atoms with Crippen LogP contribution in [-0.4, -0.2) is 52.5 Å². The first-order chi connectivity index (χ1) is 14.8. The van der Waals surface area contributed by atoms with Crippen LogP contribution in [-0.2, 0) is 14.8 Å². The van der Waals surface area contributed by atoms with E-state index in [2.05, 4.69) is 27.5 Å². The third-order valence-electron chi connectivity index (χ3n) is 4.92. The van der Waals surface area contributed by atoms with Crippen LogP contribution in [0.15, 0.2) is 65.2 Å². The highest BCUT2D eigenvalue weighted by Crippen LogP contribution is 2.20. The van der Waals surface area contributed by atoms with E-state index in [-0.39, 0.29) is 10.5 Å². The number of likely N-dealkylation sites (N-methyl/N-ethyl adjacent to an activating group) is 1. The molecule has 3 rings (SSSR count). The number of nitrogens with two attached hydrogens (primary N) is 1. The fourth-order valence-electron chi connectivity index (χ4n) is 3.06. The number of nitrogens with zero attached hydrogens (tertiary/aromatic N) is 3. The van der Waals surface area contributed by atoms with Crippen LogP contribution in [0.1, 0.15) is 0 Å². The smallest absolute Gasteiger partial charge is 0.267 e. The van der Waals surface area contributed by atoms with Crippen molar-refractivity contribution in [3.05, 3.63) is 60.3 Å². The number of rotatable bonds is 6. The maximum Gasteiger partial charge on any atom is 0.267 e. The van der Waals surface area contributed by atoms with Gasteiger partial charge in [0, 0.05) is 49.4 Å². The summed E-state index contributed by atoms with van der Waals surface area (Å²) in [4.78, 5) is 16.9. The van der Waals surface area contributed by atoms with Gasteiger partial charge in [-0.2, -0.15) is 5.26 Å².